The number of nitrogens with one attached hydrogen (secondary N) is 1. The van der Waals surface area contributed by atoms with Gasteiger partial charge in [-0.05, 0) is 67.4 Å². The van der Waals surface area contributed by atoms with Crippen LogP contribution in [0.4, 0.5) is 23.7 Å². The molecule has 3 aromatic rings. The van der Waals surface area contributed by atoms with E-state index in [1.165, 1.54) is 4.90 Å². The molecule has 0 saturated carbocycles. The number of anilines is 1. The Labute approximate surface area is 248 Å². The van der Waals surface area contributed by atoms with Gasteiger partial charge in [-0.2, -0.15) is 13.2 Å². The van der Waals surface area contributed by atoms with E-state index < -0.39 is 30.9 Å². The number of alkyl halides is 3. The van der Waals surface area contributed by atoms with Gasteiger partial charge in [0.05, 0.1) is 6.54 Å². The second-order valence-electron chi connectivity index (χ2n) is 9.36. The molecule has 0 aliphatic rings. The molecule has 1 unspecified atom stereocenters. The van der Waals surface area contributed by atoms with Crippen molar-refractivity contribution in [2.75, 3.05) is 44.8 Å². The molecule has 232 valence electrons. The van der Waals surface area contributed by atoms with Gasteiger partial charge in [-0.1, -0.05) is 30.3 Å². The molecule has 9 nitrogen and oxygen atoms in total. The number of carbonyl (C=O) groups excluding carboxylic acids is 1. The van der Waals surface area contributed by atoms with Crippen LogP contribution < -0.4 is 14.8 Å². The number of amides is 2. The number of aliphatic carboxylic acids is 1. The Morgan fingerprint density at radius 1 is 0.884 bits per heavy atom. The van der Waals surface area contributed by atoms with E-state index >= 15 is 0 Å². The van der Waals surface area contributed by atoms with Gasteiger partial charge in [0.2, 0.25) is 0 Å². The lowest BCUT2D eigenvalue weighted by atomic mass is 10.1. The van der Waals surface area contributed by atoms with Crippen molar-refractivity contribution >= 4 is 17.7 Å². The van der Waals surface area contributed by atoms with Gasteiger partial charge >= 0.3 is 18.2 Å². The van der Waals surface area contributed by atoms with E-state index in [4.69, 9.17) is 14.2 Å². The Kier molecular flexibility index (Phi) is 13.1. The molecule has 3 rings (SSSR count). The third-order valence-corrected chi connectivity index (χ3v) is 5.97. The molecule has 0 radical (unpaired) electrons. The van der Waals surface area contributed by atoms with Gasteiger partial charge in [-0.15, -0.1) is 0 Å². The smallest absolute Gasteiger partial charge is 0.411 e. The molecule has 0 bridgehead atoms. The number of nitrogens with zero attached hydrogens (tertiary/aromatic N) is 1. The van der Waals surface area contributed by atoms with Crippen LogP contribution in [0.3, 0.4) is 0 Å². The fourth-order valence-corrected chi connectivity index (χ4v) is 3.92. The van der Waals surface area contributed by atoms with Gasteiger partial charge in [-0.3, -0.25) is 0 Å². The van der Waals surface area contributed by atoms with Gasteiger partial charge in [-0.25, -0.2) is 9.59 Å². The minimum absolute atomic E-state index is 0.108. The molecular formula is C31H35F3N2O7. The Morgan fingerprint density at radius 3 is 2.16 bits per heavy atom. The van der Waals surface area contributed by atoms with Crippen molar-refractivity contribution in [3.8, 4) is 17.2 Å². The summed E-state index contributed by atoms with van der Waals surface area (Å²) in [7, 11) is 0. The number of ether oxygens (including phenoxy) is 4. The Balaban J connectivity index is 1.55. The van der Waals surface area contributed by atoms with E-state index in [9.17, 15) is 27.9 Å². The number of benzene rings is 3. The summed E-state index contributed by atoms with van der Waals surface area (Å²) in [5.74, 6) is 0.720. The van der Waals surface area contributed by atoms with E-state index in [2.05, 4.69) is 10.1 Å². The van der Waals surface area contributed by atoms with Crippen molar-refractivity contribution in [2.24, 2.45) is 0 Å². The zero-order valence-electron chi connectivity index (χ0n) is 23.7. The normalized spacial score (nSPS) is 11.9. The highest BCUT2D eigenvalue weighted by Gasteiger charge is 2.27. The molecule has 0 fully saturated rings. The van der Waals surface area contributed by atoms with Gasteiger partial charge in [0, 0.05) is 31.9 Å². The number of hydrogen-bond acceptors (Lipinski definition) is 6. The topological polar surface area (TPSA) is 107 Å². The molecule has 0 spiro atoms. The monoisotopic (exact) mass is 604 g/mol. The van der Waals surface area contributed by atoms with Gasteiger partial charge in [0.1, 0.15) is 30.5 Å². The average Bonchev–Trinajstić information content (AvgIpc) is 2.97. The lowest BCUT2D eigenvalue weighted by Crippen LogP contribution is -2.39. The third kappa shape index (κ3) is 12.6. The van der Waals surface area contributed by atoms with Crippen LogP contribution in [0.1, 0.15) is 18.9 Å². The van der Waals surface area contributed by atoms with Crippen LogP contribution in [-0.4, -0.2) is 73.8 Å². The van der Waals surface area contributed by atoms with Crippen LogP contribution in [0.2, 0.25) is 0 Å². The predicted octanol–water partition coefficient (Wildman–Crippen LogP) is 6.39. The number of hydrogen-bond donors (Lipinski definition) is 2. The van der Waals surface area contributed by atoms with Crippen molar-refractivity contribution in [2.45, 2.75) is 32.0 Å². The number of para-hydroxylation sites is 1. The van der Waals surface area contributed by atoms with Crippen molar-refractivity contribution in [1.82, 2.24) is 4.90 Å². The fraction of sp³-hybridized carbons (Fsp3) is 0.355. The van der Waals surface area contributed by atoms with E-state index in [0.717, 1.165) is 5.56 Å². The molecule has 0 saturated heterocycles. The number of urea groups is 1. The molecule has 0 aliphatic heterocycles. The fourth-order valence-electron chi connectivity index (χ4n) is 3.92. The second kappa shape index (κ2) is 17.0. The van der Waals surface area contributed by atoms with Crippen LogP contribution in [0.25, 0.3) is 0 Å². The lowest BCUT2D eigenvalue weighted by molar-refractivity contribution is -0.174. The Hall–Kier alpha value is -4.29. The summed E-state index contributed by atoms with van der Waals surface area (Å²) in [6.07, 6.45) is -4.98. The summed E-state index contributed by atoms with van der Waals surface area (Å²) >= 11 is 0. The van der Waals surface area contributed by atoms with Crippen molar-refractivity contribution in [1.29, 1.82) is 0 Å². The number of carbonyl (C=O) groups is 2. The molecule has 0 aliphatic carbocycles. The van der Waals surface area contributed by atoms with E-state index in [1.54, 1.807) is 55.5 Å². The average molecular weight is 605 g/mol. The Morgan fingerprint density at radius 2 is 1.53 bits per heavy atom. The molecule has 1 atom stereocenters. The summed E-state index contributed by atoms with van der Waals surface area (Å²) < 4.78 is 58.6. The summed E-state index contributed by atoms with van der Waals surface area (Å²) in [5, 5.41) is 12.1. The zero-order valence-corrected chi connectivity index (χ0v) is 23.7. The van der Waals surface area contributed by atoms with Gasteiger partial charge < -0.3 is 34.3 Å². The number of halogens is 3. The molecule has 12 heteroatoms. The van der Waals surface area contributed by atoms with Crippen molar-refractivity contribution in [3.63, 3.8) is 0 Å². The first-order valence-electron chi connectivity index (χ1n) is 13.7. The summed E-state index contributed by atoms with van der Waals surface area (Å²) in [4.78, 5) is 25.8. The first-order valence-corrected chi connectivity index (χ1v) is 13.7. The zero-order chi connectivity index (χ0) is 31.1. The number of carboxylic acid groups (broad SMARTS) is 1. The summed E-state index contributed by atoms with van der Waals surface area (Å²) in [6, 6.07) is 22.4. The van der Waals surface area contributed by atoms with Gasteiger partial charge in [0.25, 0.3) is 0 Å². The van der Waals surface area contributed by atoms with Crippen molar-refractivity contribution in [3.05, 3.63) is 84.4 Å². The predicted molar refractivity (Wildman–Crippen MR) is 154 cm³/mol. The quantitative estimate of drug-likeness (QED) is 0.172. The second-order valence-corrected chi connectivity index (χ2v) is 9.36. The van der Waals surface area contributed by atoms with Crippen LogP contribution in [0, 0.1) is 0 Å². The van der Waals surface area contributed by atoms with Crippen LogP contribution in [-0.2, 0) is 20.7 Å². The molecule has 0 heterocycles. The number of rotatable bonds is 17. The molecule has 2 N–H and O–H groups in total. The largest absolute Gasteiger partial charge is 0.492 e. The maximum atomic E-state index is 13.1. The minimum Gasteiger partial charge on any atom is -0.492 e. The standard InChI is InChI=1S/C31H35F3N2O7/c1-2-41-28(29(37)38)21-23-9-13-25(14-10-23)42-20-18-36(17-6-19-40-22-31(32,33)34)30(39)35-24-11-15-27(16-12-24)43-26-7-4-3-5-8-26/h3-5,7-16,28H,2,6,17-22H2,1H3,(H,35,39)(H,37,38). The summed E-state index contributed by atoms with van der Waals surface area (Å²) in [5.41, 5.74) is 1.26. The van der Waals surface area contributed by atoms with Crippen LogP contribution in [0.15, 0.2) is 78.9 Å². The van der Waals surface area contributed by atoms with E-state index in [0.29, 0.717) is 22.9 Å². The third-order valence-electron chi connectivity index (χ3n) is 5.97. The number of carboxylic acids is 1. The van der Waals surface area contributed by atoms with Crippen molar-refractivity contribution < 1.29 is 46.8 Å². The molecule has 3 aromatic carbocycles. The maximum absolute atomic E-state index is 13.1. The molecule has 0 aromatic heterocycles. The first-order chi connectivity index (χ1) is 20.6. The molecule has 43 heavy (non-hydrogen) atoms. The Bertz CT molecular complexity index is 1260. The van der Waals surface area contributed by atoms with E-state index in [-0.39, 0.29) is 45.8 Å². The minimum atomic E-state index is -4.42. The van der Waals surface area contributed by atoms with Crippen LogP contribution in [0.5, 0.6) is 17.2 Å². The highest BCUT2D eigenvalue weighted by molar-refractivity contribution is 5.89. The highest BCUT2D eigenvalue weighted by Crippen LogP contribution is 2.23. The lowest BCUT2D eigenvalue weighted by Gasteiger charge is -2.23. The highest BCUT2D eigenvalue weighted by atomic mass is 19.4. The first kappa shape index (κ1) is 33.2. The van der Waals surface area contributed by atoms with Gasteiger partial charge in [0.15, 0.2) is 6.10 Å². The van der Waals surface area contributed by atoms with E-state index in [1.807, 2.05) is 30.3 Å². The maximum Gasteiger partial charge on any atom is 0.411 e. The molecule has 2 amide bonds. The van der Waals surface area contributed by atoms with Crippen LogP contribution >= 0.6 is 0 Å². The SMILES string of the molecule is CCOC(Cc1ccc(OCCN(CCCOCC(F)(F)F)C(=O)Nc2ccc(Oc3ccccc3)cc2)cc1)C(=O)O. The summed E-state index contributed by atoms with van der Waals surface area (Å²) in [6.45, 7) is 0.873. The molecular weight excluding hydrogens is 569 g/mol.